The molecule has 3 aromatic rings. The minimum absolute atomic E-state index is 0.00941. The number of rotatable bonds is 5. The van der Waals surface area contributed by atoms with Gasteiger partial charge in [0.25, 0.3) is 5.91 Å². The minimum atomic E-state index is -4.81. The average Bonchev–Trinajstić information content (AvgIpc) is 3.28. The fourth-order valence-electron chi connectivity index (χ4n) is 5.70. The lowest BCUT2D eigenvalue weighted by atomic mass is 9.44. The summed E-state index contributed by atoms with van der Waals surface area (Å²) in [5, 5.41) is 17.7. The van der Waals surface area contributed by atoms with E-state index in [1.807, 2.05) is 0 Å². The molecule has 3 aliphatic carbocycles. The fraction of sp³-hybridized carbons (Fsp3) is 0.400. The van der Waals surface area contributed by atoms with E-state index >= 15 is 0 Å². The van der Waals surface area contributed by atoms with Crippen molar-refractivity contribution in [1.29, 1.82) is 0 Å². The number of aromatic nitrogens is 3. The monoisotopic (exact) mass is 554 g/mol. The molecule has 0 unspecified atom stereocenters. The molecule has 2 bridgehead atoms. The second-order valence-electron chi connectivity index (χ2n) is 10.2. The molecule has 206 valence electrons. The Hall–Kier alpha value is -3.81. The van der Waals surface area contributed by atoms with Crippen molar-refractivity contribution in [2.45, 2.75) is 61.5 Å². The Kier molecular flexibility index (Phi) is 5.45. The van der Waals surface area contributed by atoms with Crippen molar-refractivity contribution in [3.8, 4) is 22.8 Å². The third kappa shape index (κ3) is 4.56. The normalized spacial score (nSPS) is 27.5. The summed E-state index contributed by atoms with van der Waals surface area (Å²) in [6.07, 6.45) is -5.87. The minimum Gasteiger partial charge on any atom is -0.480 e. The summed E-state index contributed by atoms with van der Waals surface area (Å²) < 4.78 is 87.2. The molecule has 3 saturated carbocycles. The van der Waals surface area contributed by atoms with Crippen LogP contribution in [0.1, 0.15) is 42.9 Å². The Balaban J connectivity index is 1.07. The first-order valence-electron chi connectivity index (χ1n) is 11.9. The van der Waals surface area contributed by atoms with Crippen molar-refractivity contribution < 1.29 is 45.7 Å². The fourth-order valence-corrected chi connectivity index (χ4v) is 5.70. The van der Waals surface area contributed by atoms with E-state index in [1.54, 1.807) is 17.1 Å². The smallest absolute Gasteiger partial charge is 0.480 e. The van der Waals surface area contributed by atoms with Gasteiger partial charge in [0.2, 0.25) is 0 Å². The standard InChI is InChI=1S/C25H20F6N4O4/c26-24(27,28)14-1-4-19-16(5-14)18(36)6-20(38-19)21(37)34-22-10-23(11-22,12-22)35-9-13(7-33-35)17-3-2-15(8-32-17)39-25(29,30)31/h1-5,7-9,18,20,36H,6,10-12H2,(H,34,37)/t18-,20-,22?,23?/m0/s1. The van der Waals surface area contributed by atoms with Crippen molar-refractivity contribution >= 4 is 5.91 Å². The SMILES string of the molecule is O=C(NC12CC(n3cc(-c4ccc(OC(F)(F)F)cn4)cn3)(C1)C2)[C@@H]1C[C@H](O)c2cc(C(F)(F)F)ccc2O1. The van der Waals surface area contributed by atoms with Crippen LogP contribution < -0.4 is 14.8 Å². The number of ether oxygens (including phenoxy) is 2. The van der Waals surface area contributed by atoms with E-state index in [-0.39, 0.29) is 23.3 Å². The van der Waals surface area contributed by atoms with Gasteiger partial charge >= 0.3 is 12.5 Å². The van der Waals surface area contributed by atoms with Gasteiger partial charge in [0, 0.05) is 29.3 Å². The highest BCUT2D eigenvalue weighted by molar-refractivity contribution is 5.83. The molecule has 2 N–H and O–H groups in total. The Morgan fingerprint density at radius 2 is 1.85 bits per heavy atom. The molecule has 39 heavy (non-hydrogen) atoms. The van der Waals surface area contributed by atoms with Crippen molar-refractivity contribution in [2.75, 3.05) is 0 Å². The van der Waals surface area contributed by atoms with Gasteiger partial charge in [0.15, 0.2) is 6.10 Å². The Bertz CT molecular complexity index is 1420. The molecule has 14 heteroatoms. The van der Waals surface area contributed by atoms with Gasteiger partial charge in [-0.25, -0.2) is 0 Å². The molecule has 0 saturated heterocycles. The van der Waals surface area contributed by atoms with Gasteiger partial charge in [0.1, 0.15) is 11.5 Å². The number of carbonyl (C=O) groups excluding carboxylic acids is 1. The van der Waals surface area contributed by atoms with Gasteiger partial charge in [-0.05, 0) is 49.6 Å². The lowest BCUT2D eigenvalue weighted by Gasteiger charge is -2.70. The molecule has 4 aliphatic rings. The number of nitrogens with one attached hydrogen (secondary N) is 1. The van der Waals surface area contributed by atoms with Crippen LogP contribution in [0.4, 0.5) is 26.3 Å². The molecule has 8 nitrogen and oxygen atoms in total. The molecule has 7 rings (SSSR count). The Morgan fingerprint density at radius 1 is 1.10 bits per heavy atom. The Morgan fingerprint density at radius 3 is 2.49 bits per heavy atom. The molecular formula is C25H20F6N4O4. The highest BCUT2D eigenvalue weighted by Gasteiger charge is 2.70. The van der Waals surface area contributed by atoms with Crippen molar-refractivity contribution in [1.82, 2.24) is 20.1 Å². The van der Waals surface area contributed by atoms with Crippen LogP contribution >= 0.6 is 0 Å². The largest absolute Gasteiger partial charge is 0.573 e. The predicted octanol–water partition coefficient (Wildman–Crippen LogP) is 4.50. The van der Waals surface area contributed by atoms with Gasteiger partial charge in [0.05, 0.1) is 35.3 Å². The first kappa shape index (κ1) is 25.5. The summed E-state index contributed by atoms with van der Waals surface area (Å²) in [7, 11) is 0. The third-order valence-corrected chi connectivity index (χ3v) is 7.42. The van der Waals surface area contributed by atoms with Crippen LogP contribution in [0, 0.1) is 0 Å². The van der Waals surface area contributed by atoms with Gasteiger partial charge < -0.3 is 19.9 Å². The molecule has 1 aliphatic heterocycles. The molecular weight excluding hydrogens is 534 g/mol. The zero-order chi connectivity index (χ0) is 27.8. The lowest BCUT2D eigenvalue weighted by molar-refractivity contribution is -0.274. The van der Waals surface area contributed by atoms with Crippen molar-refractivity contribution in [3.05, 3.63) is 60.0 Å². The van der Waals surface area contributed by atoms with Crippen LogP contribution in [0.15, 0.2) is 48.9 Å². The highest BCUT2D eigenvalue weighted by Crippen LogP contribution is 2.65. The molecule has 0 spiro atoms. The number of hydrogen-bond acceptors (Lipinski definition) is 6. The zero-order valence-corrected chi connectivity index (χ0v) is 19.9. The number of carbonyl (C=O) groups is 1. The zero-order valence-electron chi connectivity index (χ0n) is 19.9. The first-order valence-corrected chi connectivity index (χ1v) is 11.9. The molecule has 1 amide bonds. The van der Waals surface area contributed by atoms with E-state index in [0.29, 0.717) is 30.5 Å². The van der Waals surface area contributed by atoms with Crippen LogP contribution in [0.5, 0.6) is 11.5 Å². The molecule has 3 fully saturated rings. The number of benzene rings is 1. The summed E-state index contributed by atoms with van der Waals surface area (Å²) in [6, 6.07) is 5.34. The number of hydrogen-bond donors (Lipinski definition) is 2. The van der Waals surface area contributed by atoms with E-state index < -0.39 is 47.5 Å². The van der Waals surface area contributed by atoms with Crippen LogP contribution in [0.2, 0.25) is 0 Å². The maximum atomic E-state index is 13.0. The number of fused-ring (bicyclic) bond motifs is 1. The van der Waals surface area contributed by atoms with Gasteiger partial charge in [-0.2, -0.15) is 18.3 Å². The summed E-state index contributed by atoms with van der Waals surface area (Å²) in [4.78, 5) is 16.9. The Labute approximate surface area is 216 Å². The number of aliphatic hydroxyl groups is 1. The van der Waals surface area contributed by atoms with E-state index in [0.717, 1.165) is 30.5 Å². The number of aliphatic hydroxyl groups excluding tert-OH is 1. The van der Waals surface area contributed by atoms with Crippen LogP contribution in [-0.4, -0.2) is 43.8 Å². The number of amides is 1. The van der Waals surface area contributed by atoms with E-state index in [9.17, 15) is 36.2 Å². The summed E-state index contributed by atoms with van der Waals surface area (Å²) in [5.74, 6) is -0.856. The number of nitrogens with zero attached hydrogens (tertiary/aromatic N) is 3. The summed E-state index contributed by atoms with van der Waals surface area (Å²) in [6.45, 7) is 0. The van der Waals surface area contributed by atoms with Crippen LogP contribution in [0.3, 0.4) is 0 Å². The van der Waals surface area contributed by atoms with Gasteiger partial charge in [-0.15, -0.1) is 13.2 Å². The molecule has 2 aromatic heterocycles. The summed E-state index contributed by atoms with van der Waals surface area (Å²) in [5.41, 5.74) is -0.694. The predicted molar refractivity (Wildman–Crippen MR) is 120 cm³/mol. The highest BCUT2D eigenvalue weighted by atomic mass is 19.4. The number of pyridine rings is 1. The third-order valence-electron chi connectivity index (χ3n) is 7.42. The molecule has 3 heterocycles. The molecule has 0 radical (unpaired) electrons. The van der Waals surface area contributed by atoms with Crippen LogP contribution in [-0.2, 0) is 16.5 Å². The van der Waals surface area contributed by atoms with Gasteiger partial charge in [-0.1, -0.05) is 0 Å². The molecule has 1 aromatic carbocycles. The van der Waals surface area contributed by atoms with Crippen LogP contribution in [0.25, 0.3) is 11.3 Å². The van der Waals surface area contributed by atoms with Crippen molar-refractivity contribution in [3.63, 3.8) is 0 Å². The lowest BCUT2D eigenvalue weighted by Crippen LogP contribution is -2.79. The average molecular weight is 554 g/mol. The maximum absolute atomic E-state index is 13.0. The van der Waals surface area contributed by atoms with Crippen molar-refractivity contribution in [2.24, 2.45) is 0 Å². The number of halogens is 6. The number of alkyl halides is 6. The second kappa shape index (κ2) is 8.34. The van der Waals surface area contributed by atoms with E-state index in [4.69, 9.17) is 4.74 Å². The topological polar surface area (TPSA) is 98.5 Å². The quantitative estimate of drug-likeness (QED) is 0.451. The van der Waals surface area contributed by atoms with E-state index in [2.05, 4.69) is 20.1 Å². The maximum Gasteiger partial charge on any atom is 0.573 e. The molecule has 2 atom stereocenters. The second-order valence-corrected chi connectivity index (χ2v) is 10.2. The van der Waals surface area contributed by atoms with E-state index in [1.165, 1.54) is 6.07 Å². The summed E-state index contributed by atoms with van der Waals surface area (Å²) >= 11 is 0. The van der Waals surface area contributed by atoms with Gasteiger partial charge in [-0.3, -0.25) is 14.5 Å². The first-order chi connectivity index (χ1) is 18.2.